The van der Waals surface area contributed by atoms with Gasteiger partial charge in [-0.1, -0.05) is 18.2 Å². The number of ether oxygens (including phenoxy) is 1. The van der Waals surface area contributed by atoms with Crippen molar-refractivity contribution in [3.8, 4) is 5.75 Å². The first-order chi connectivity index (χ1) is 7.50. The van der Waals surface area contributed by atoms with Gasteiger partial charge in [0, 0.05) is 0 Å². The van der Waals surface area contributed by atoms with Gasteiger partial charge in [0.15, 0.2) is 0 Å². The molecule has 0 aliphatic carbocycles. The normalized spacial score (nSPS) is 9.62. The first-order valence-corrected chi connectivity index (χ1v) is 4.74. The molecule has 1 aromatic carbocycles. The zero-order valence-electron chi connectivity index (χ0n) is 9.11. The molecule has 0 spiro atoms. The third-order valence-electron chi connectivity index (χ3n) is 1.99. The maximum atomic E-state index is 11.2. The number of rotatable bonds is 3. The highest BCUT2D eigenvalue weighted by Crippen LogP contribution is 2.22. The van der Waals surface area contributed by atoms with Crippen LogP contribution in [-0.2, 0) is 4.79 Å². The highest BCUT2D eigenvalue weighted by Gasteiger charge is 2.09. The molecular formula is C11H13NO4. The summed E-state index contributed by atoms with van der Waals surface area (Å²) in [5, 5.41) is 10.5. The van der Waals surface area contributed by atoms with Crippen molar-refractivity contribution in [1.82, 2.24) is 5.32 Å². The van der Waals surface area contributed by atoms with Crippen molar-refractivity contribution in [1.29, 1.82) is 0 Å². The average molecular weight is 223 g/mol. The fourth-order valence-corrected chi connectivity index (χ4v) is 1.24. The van der Waals surface area contributed by atoms with E-state index in [4.69, 9.17) is 9.84 Å². The Morgan fingerprint density at radius 1 is 1.31 bits per heavy atom. The molecule has 5 heteroatoms. The van der Waals surface area contributed by atoms with Gasteiger partial charge in [-0.25, -0.2) is 4.79 Å². The Morgan fingerprint density at radius 2 is 1.88 bits per heavy atom. The van der Waals surface area contributed by atoms with Gasteiger partial charge < -0.3 is 15.2 Å². The van der Waals surface area contributed by atoms with Crippen molar-refractivity contribution < 1.29 is 19.4 Å². The second-order valence-corrected chi connectivity index (χ2v) is 3.36. The van der Waals surface area contributed by atoms with E-state index in [1.807, 2.05) is 32.0 Å². The molecule has 1 rings (SSSR count). The number of hydrogen-bond acceptors (Lipinski definition) is 3. The number of benzene rings is 1. The third-order valence-corrected chi connectivity index (χ3v) is 1.99. The fraction of sp³-hybridized carbons (Fsp3) is 0.273. The van der Waals surface area contributed by atoms with Crippen molar-refractivity contribution in [3.05, 3.63) is 29.3 Å². The fourth-order valence-electron chi connectivity index (χ4n) is 1.24. The number of carboxylic acids is 1. The lowest BCUT2D eigenvalue weighted by Gasteiger charge is -2.10. The van der Waals surface area contributed by atoms with Crippen LogP contribution in [-0.4, -0.2) is 23.7 Å². The number of carbonyl (C=O) groups is 2. The lowest BCUT2D eigenvalue weighted by atomic mass is 10.1. The van der Waals surface area contributed by atoms with Crippen molar-refractivity contribution in [3.63, 3.8) is 0 Å². The van der Waals surface area contributed by atoms with Crippen LogP contribution in [0.5, 0.6) is 5.75 Å². The second kappa shape index (κ2) is 5.16. The van der Waals surface area contributed by atoms with Gasteiger partial charge in [0.05, 0.1) is 0 Å². The highest BCUT2D eigenvalue weighted by molar-refractivity contribution is 5.78. The minimum absolute atomic E-state index is 0.455. The number of para-hydroxylation sites is 1. The van der Waals surface area contributed by atoms with Crippen molar-refractivity contribution in [2.45, 2.75) is 13.8 Å². The van der Waals surface area contributed by atoms with Crippen LogP contribution in [0.25, 0.3) is 0 Å². The molecule has 0 heterocycles. The summed E-state index contributed by atoms with van der Waals surface area (Å²) in [6.07, 6.45) is -0.764. The molecule has 0 saturated heterocycles. The Labute approximate surface area is 93.0 Å². The lowest BCUT2D eigenvalue weighted by Crippen LogP contribution is -2.32. The predicted octanol–water partition coefficient (Wildman–Crippen LogP) is 1.48. The van der Waals surface area contributed by atoms with Crippen LogP contribution in [0.3, 0.4) is 0 Å². The van der Waals surface area contributed by atoms with Crippen LogP contribution in [0.4, 0.5) is 4.79 Å². The topological polar surface area (TPSA) is 75.6 Å². The van der Waals surface area contributed by atoms with Gasteiger partial charge in [0.25, 0.3) is 0 Å². The summed E-state index contributed by atoms with van der Waals surface area (Å²) in [6, 6.07) is 5.48. The van der Waals surface area contributed by atoms with Gasteiger partial charge in [-0.2, -0.15) is 0 Å². The van der Waals surface area contributed by atoms with Gasteiger partial charge in [-0.05, 0) is 25.0 Å². The molecule has 0 radical (unpaired) electrons. The molecule has 0 aliphatic heterocycles. The first-order valence-electron chi connectivity index (χ1n) is 4.74. The summed E-state index contributed by atoms with van der Waals surface area (Å²) in [7, 11) is 0. The van der Waals surface area contributed by atoms with Crippen LogP contribution in [0.2, 0.25) is 0 Å². The maximum absolute atomic E-state index is 11.2. The molecule has 0 unspecified atom stereocenters. The van der Waals surface area contributed by atoms with Crippen LogP contribution in [0, 0.1) is 13.8 Å². The number of carboxylic acid groups (broad SMARTS) is 1. The third kappa shape index (κ3) is 3.27. The minimum atomic E-state index is -1.11. The second-order valence-electron chi connectivity index (χ2n) is 3.36. The van der Waals surface area contributed by atoms with E-state index in [0.29, 0.717) is 5.75 Å². The lowest BCUT2D eigenvalue weighted by molar-refractivity contribution is -0.135. The molecule has 0 bridgehead atoms. The molecule has 0 atom stereocenters. The van der Waals surface area contributed by atoms with Gasteiger partial charge in [0.1, 0.15) is 12.3 Å². The highest BCUT2D eigenvalue weighted by atomic mass is 16.6. The number of hydrogen-bond donors (Lipinski definition) is 2. The van der Waals surface area contributed by atoms with Crippen molar-refractivity contribution in [2.75, 3.05) is 6.54 Å². The monoisotopic (exact) mass is 223 g/mol. The van der Waals surface area contributed by atoms with Crippen LogP contribution in [0.15, 0.2) is 18.2 Å². The van der Waals surface area contributed by atoms with E-state index in [0.717, 1.165) is 11.1 Å². The average Bonchev–Trinajstić information content (AvgIpc) is 2.21. The van der Waals surface area contributed by atoms with Crippen LogP contribution in [0.1, 0.15) is 11.1 Å². The van der Waals surface area contributed by atoms with E-state index in [9.17, 15) is 9.59 Å². The minimum Gasteiger partial charge on any atom is -0.480 e. The maximum Gasteiger partial charge on any atom is 0.413 e. The first kappa shape index (κ1) is 12.0. The van der Waals surface area contributed by atoms with E-state index >= 15 is 0 Å². The van der Waals surface area contributed by atoms with Gasteiger partial charge in [-0.15, -0.1) is 0 Å². The van der Waals surface area contributed by atoms with E-state index < -0.39 is 18.6 Å². The quantitative estimate of drug-likeness (QED) is 0.813. The Bertz CT molecular complexity index is 394. The molecular weight excluding hydrogens is 210 g/mol. The zero-order chi connectivity index (χ0) is 12.1. The molecule has 2 N–H and O–H groups in total. The molecule has 0 aliphatic rings. The van der Waals surface area contributed by atoms with Gasteiger partial charge in [0.2, 0.25) is 0 Å². The zero-order valence-corrected chi connectivity index (χ0v) is 9.11. The Balaban J connectivity index is 2.66. The van der Waals surface area contributed by atoms with E-state index in [1.165, 1.54) is 0 Å². The SMILES string of the molecule is Cc1cccc(C)c1OC(=O)NCC(=O)O. The standard InChI is InChI=1S/C11H13NO4/c1-7-4-3-5-8(2)10(7)16-11(15)12-6-9(13)14/h3-5H,6H2,1-2H3,(H,12,15)(H,13,14). The largest absolute Gasteiger partial charge is 0.480 e. The molecule has 16 heavy (non-hydrogen) atoms. The molecule has 86 valence electrons. The summed E-state index contributed by atoms with van der Waals surface area (Å²) in [5.41, 5.74) is 1.65. The number of amides is 1. The molecule has 0 saturated carbocycles. The van der Waals surface area contributed by atoms with E-state index in [2.05, 4.69) is 5.32 Å². The Morgan fingerprint density at radius 3 is 2.38 bits per heavy atom. The molecule has 1 aromatic rings. The molecule has 0 fully saturated rings. The van der Waals surface area contributed by atoms with Crippen LogP contribution >= 0.6 is 0 Å². The summed E-state index contributed by atoms with van der Waals surface area (Å²) in [4.78, 5) is 21.4. The summed E-state index contributed by atoms with van der Waals surface area (Å²) in [6.45, 7) is 3.17. The number of nitrogens with one attached hydrogen (secondary N) is 1. The van der Waals surface area contributed by atoms with E-state index in [1.54, 1.807) is 0 Å². The number of carbonyl (C=O) groups excluding carboxylic acids is 1. The molecule has 5 nitrogen and oxygen atoms in total. The van der Waals surface area contributed by atoms with Crippen molar-refractivity contribution in [2.24, 2.45) is 0 Å². The summed E-state index contributed by atoms with van der Waals surface area (Å²) in [5.74, 6) is -0.649. The number of aryl methyl sites for hydroxylation is 2. The van der Waals surface area contributed by atoms with E-state index in [-0.39, 0.29) is 0 Å². The number of aliphatic carboxylic acids is 1. The molecule has 1 amide bonds. The smallest absolute Gasteiger partial charge is 0.413 e. The van der Waals surface area contributed by atoms with Gasteiger partial charge >= 0.3 is 12.1 Å². The predicted molar refractivity (Wildman–Crippen MR) is 57.6 cm³/mol. The van der Waals surface area contributed by atoms with Gasteiger partial charge in [-0.3, -0.25) is 4.79 Å². The van der Waals surface area contributed by atoms with Crippen molar-refractivity contribution >= 4 is 12.1 Å². The Kier molecular flexibility index (Phi) is 3.88. The van der Waals surface area contributed by atoms with Crippen LogP contribution < -0.4 is 10.1 Å². The Hall–Kier alpha value is -2.04. The molecule has 0 aromatic heterocycles. The summed E-state index contributed by atoms with van der Waals surface area (Å²) >= 11 is 0. The summed E-state index contributed by atoms with van der Waals surface area (Å²) < 4.78 is 5.01.